The minimum Gasteiger partial charge on any atom is -0.481 e. The molecule has 0 aliphatic rings. The van der Waals surface area contributed by atoms with E-state index in [1.165, 1.54) is 0 Å². The fraction of sp³-hybridized carbons (Fsp3) is 0.417. The van der Waals surface area contributed by atoms with Gasteiger partial charge in [0.1, 0.15) is 0 Å². The summed E-state index contributed by atoms with van der Waals surface area (Å²) in [6.45, 7) is 5.23. The molecule has 0 unspecified atom stereocenters. The Bertz CT molecular complexity index is 379. The van der Waals surface area contributed by atoms with Crippen LogP contribution in [0.4, 0.5) is 5.69 Å². The van der Waals surface area contributed by atoms with Gasteiger partial charge in [-0.3, -0.25) is 4.79 Å². The first-order valence-electron chi connectivity index (χ1n) is 5.28. The lowest BCUT2D eigenvalue weighted by Crippen LogP contribution is -2.26. The number of halogens is 1. The van der Waals surface area contributed by atoms with E-state index in [1.807, 2.05) is 36.9 Å². The number of benzene rings is 1. The first kappa shape index (κ1) is 12.8. The first-order chi connectivity index (χ1) is 7.56. The van der Waals surface area contributed by atoms with Crippen molar-refractivity contribution in [3.63, 3.8) is 0 Å². The third-order valence-electron chi connectivity index (χ3n) is 2.56. The third-order valence-corrected chi connectivity index (χ3v) is 2.97. The molecule has 1 rings (SSSR count). The quantitative estimate of drug-likeness (QED) is 0.862. The van der Waals surface area contributed by atoms with Crippen molar-refractivity contribution in [1.29, 1.82) is 0 Å². The normalized spacial score (nSPS) is 10.2. The molecule has 3 nitrogen and oxygen atoms in total. The van der Waals surface area contributed by atoms with Crippen molar-refractivity contribution >= 4 is 23.3 Å². The van der Waals surface area contributed by atoms with Crippen LogP contribution in [-0.4, -0.2) is 24.2 Å². The first-order valence-corrected chi connectivity index (χ1v) is 5.66. The summed E-state index contributed by atoms with van der Waals surface area (Å²) in [5.74, 6) is -0.780. The van der Waals surface area contributed by atoms with E-state index < -0.39 is 5.97 Å². The number of nitrogens with zero attached hydrogens (tertiary/aromatic N) is 1. The van der Waals surface area contributed by atoms with Crippen LogP contribution in [0.15, 0.2) is 18.2 Å². The molecule has 0 atom stereocenters. The predicted octanol–water partition coefficient (Wildman–Crippen LogP) is 2.95. The molecule has 0 saturated heterocycles. The van der Waals surface area contributed by atoms with Crippen molar-refractivity contribution in [2.75, 3.05) is 18.0 Å². The van der Waals surface area contributed by atoms with E-state index in [9.17, 15) is 4.79 Å². The molecule has 0 aliphatic carbocycles. The fourth-order valence-corrected chi connectivity index (χ4v) is 1.79. The van der Waals surface area contributed by atoms with Crippen LogP contribution in [0.5, 0.6) is 0 Å². The van der Waals surface area contributed by atoms with Gasteiger partial charge in [-0.1, -0.05) is 17.7 Å². The number of hydrogen-bond donors (Lipinski definition) is 1. The topological polar surface area (TPSA) is 40.5 Å². The van der Waals surface area contributed by atoms with Crippen molar-refractivity contribution in [3.05, 3.63) is 28.8 Å². The van der Waals surface area contributed by atoms with Crippen LogP contribution in [-0.2, 0) is 4.79 Å². The van der Waals surface area contributed by atoms with Gasteiger partial charge < -0.3 is 10.0 Å². The monoisotopic (exact) mass is 241 g/mol. The van der Waals surface area contributed by atoms with Crippen LogP contribution >= 0.6 is 11.6 Å². The Morgan fingerprint density at radius 1 is 1.50 bits per heavy atom. The van der Waals surface area contributed by atoms with Crippen LogP contribution in [0.1, 0.15) is 18.9 Å². The van der Waals surface area contributed by atoms with Gasteiger partial charge in [-0.15, -0.1) is 0 Å². The standard InChI is InChI=1S/C12H16ClNO2/c1-3-14(8-7-12(15)16)11-6-4-5-10(13)9(11)2/h4-6H,3,7-8H2,1-2H3,(H,15,16). The van der Waals surface area contributed by atoms with Gasteiger partial charge >= 0.3 is 5.97 Å². The number of anilines is 1. The maximum absolute atomic E-state index is 10.6. The Kier molecular flexibility index (Phi) is 4.62. The summed E-state index contributed by atoms with van der Waals surface area (Å²) in [4.78, 5) is 12.6. The lowest BCUT2D eigenvalue weighted by Gasteiger charge is -2.24. The number of carboxylic acids is 1. The third kappa shape index (κ3) is 3.14. The Morgan fingerprint density at radius 2 is 2.19 bits per heavy atom. The molecule has 0 amide bonds. The Morgan fingerprint density at radius 3 is 2.75 bits per heavy atom. The van der Waals surface area contributed by atoms with E-state index in [0.29, 0.717) is 11.6 Å². The Balaban J connectivity index is 2.86. The minimum absolute atomic E-state index is 0.139. The minimum atomic E-state index is -0.780. The number of hydrogen-bond acceptors (Lipinski definition) is 2. The van der Waals surface area contributed by atoms with Crippen molar-refractivity contribution in [2.45, 2.75) is 20.3 Å². The number of carboxylic acid groups (broad SMARTS) is 1. The molecule has 4 heteroatoms. The van der Waals surface area contributed by atoms with E-state index >= 15 is 0 Å². The van der Waals surface area contributed by atoms with E-state index in [1.54, 1.807) is 0 Å². The zero-order valence-corrected chi connectivity index (χ0v) is 10.3. The number of rotatable bonds is 5. The van der Waals surface area contributed by atoms with E-state index in [2.05, 4.69) is 0 Å². The highest BCUT2D eigenvalue weighted by Gasteiger charge is 2.10. The van der Waals surface area contributed by atoms with E-state index in [4.69, 9.17) is 16.7 Å². The molecule has 0 aromatic heterocycles. The molecular formula is C12H16ClNO2. The zero-order valence-electron chi connectivity index (χ0n) is 9.53. The van der Waals surface area contributed by atoms with Crippen LogP contribution in [0, 0.1) is 6.92 Å². The van der Waals surface area contributed by atoms with Gasteiger partial charge in [0.25, 0.3) is 0 Å². The average Bonchev–Trinajstić information content (AvgIpc) is 2.24. The van der Waals surface area contributed by atoms with Crippen LogP contribution in [0.25, 0.3) is 0 Å². The molecule has 0 heterocycles. The molecule has 0 bridgehead atoms. The van der Waals surface area contributed by atoms with Crippen LogP contribution in [0.2, 0.25) is 5.02 Å². The second kappa shape index (κ2) is 5.75. The molecule has 88 valence electrons. The van der Waals surface area contributed by atoms with Crippen LogP contribution in [0.3, 0.4) is 0 Å². The molecule has 0 aliphatic heterocycles. The van der Waals surface area contributed by atoms with Crippen LogP contribution < -0.4 is 4.90 Å². The van der Waals surface area contributed by atoms with E-state index in [-0.39, 0.29) is 6.42 Å². The molecule has 1 aromatic rings. The summed E-state index contributed by atoms with van der Waals surface area (Å²) in [5, 5.41) is 9.39. The molecule has 0 saturated carbocycles. The molecule has 0 fully saturated rings. The molecule has 16 heavy (non-hydrogen) atoms. The van der Waals surface area contributed by atoms with Gasteiger partial charge in [0, 0.05) is 23.8 Å². The van der Waals surface area contributed by atoms with Gasteiger partial charge in [0.15, 0.2) is 0 Å². The largest absolute Gasteiger partial charge is 0.481 e. The molecule has 1 N–H and O–H groups in total. The summed E-state index contributed by atoms with van der Waals surface area (Å²) < 4.78 is 0. The molecule has 1 aromatic carbocycles. The Hall–Kier alpha value is -1.22. The second-order valence-electron chi connectivity index (χ2n) is 3.61. The summed E-state index contributed by atoms with van der Waals surface area (Å²) in [6, 6.07) is 5.69. The lowest BCUT2D eigenvalue weighted by molar-refractivity contribution is -0.136. The summed E-state index contributed by atoms with van der Waals surface area (Å²) in [5.41, 5.74) is 2.01. The predicted molar refractivity (Wildman–Crippen MR) is 66.3 cm³/mol. The second-order valence-corrected chi connectivity index (χ2v) is 4.01. The highest BCUT2D eigenvalue weighted by molar-refractivity contribution is 6.31. The van der Waals surface area contributed by atoms with Gasteiger partial charge in [-0.2, -0.15) is 0 Å². The number of aliphatic carboxylic acids is 1. The lowest BCUT2D eigenvalue weighted by atomic mass is 10.1. The highest BCUT2D eigenvalue weighted by Crippen LogP contribution is 2.26. The molecular weight excluding hydrogens is 226 g/mol. The summed E-state index contributed by atoms with van der Waals surface area (Å²) in [7, 11) is 0. The maximum Gasteiger partial charge on any atom is 0.305 e. The van der Waals surface area contributed by atoms with Crippen molar-refractivity contribution in [1.82, 2.24) is 0 Å². The van der Waals surface area contributed by atoms with Gasteiger partial charge in [-0.25, -0.2) is 0 Å². The van der Waals surface area contributed by atoms with Gasteiger partial charge in [0.05, 0.1) is 6.42 Å². The smallest absolute Gasteiger partial charge is 0.305 e. The SMILES string of the molecule is CCN(CCC(=O)O)c1cccc(Cl)c1C. The average molecular weight is 242 g/mol. The van der Waals surface area contributed by atoms with Gasteiger partial charge in [-0.05, 0) is 31.5 Å². The summed E-state index contributed by atoms with van der Waals surface area (Å²) in [6.07, 6.45) is 0.139. The maximum atomic E-state index is 10.6. The zero-order chi connectivity index (χ0) is 12.1. The van der Waals surface area contributed by atoms with E-state index in [0.717, 1.165) is 17.8 Å². The Labute approximate surface area is 101 Å². The molecule has 0 radical (unpaired) electrons. The van der Waals surface area contributed by atoms with Gasteiger partial charge in [0.2, 0.25) is 0 Å². The van der Waals surface area contributed by atoms with Crippen molar-refractivity contribution in [3.8, 4) is 0 Å². The highest BCUT2D eigenvalue weighted by atomic mass is 35.5. The fourth-order valence-electron chi connectivity index (χ4n) is 1.62. The molecule has 0 spiro atoms. The van der Waals surface area contributed by atoms with Crippen molar-refractivity contribution in [2.24, 2.45) is 0 Å². The number of carbonyl (C=O) groups is 1. The van der Waals surface area contributed by atoms with Crippen molar-refractivity contribution < 1.29 is 9.90 Å². The summed E-state index contributed by atoms with van der Waals surface area (Å²) >= 11 is 6.03.